The van der Waals surface area contributed by atoms with Crippen molar-refractivity contribution in [2.24, 2.45) is 11.7 Å². The van der Waals surface area contributed by atoms with Gasteiger partial charge in [0.25, 0.3) is 5.91 Å². The predicted octanol–water partition coefficient (Wildman–Crippen LogP) is 1.70. The molecular formula is C14H26N4O. The zero-order valence-electron chi connectivity index (χ0n) is 12.4. The Morgan fingerprint density at radius 2 is 2.16 bits per heavy atom. The first-order valence-corrected chi connectivity index (χ1v) is 6.99. The Labute approximate surface area is 115 Å². The number of aromatic nitrogens is 2. The van der Waals surface area contributed by atoms with Gasteiger partial charge in [0.1, 0.15) is 0 Å². The summed E-state index contributed by atoms with van der Waals surface area (Å²) in [5.41, 5.74) is 7.05. The molecule has 1 heterocycles. The quantitative estimate of drug-likeness (QED) is 0.789. The summed E-state index contributed by atoms with van der Waals surface area (Å²) in [5, 5.41) is 7.26. The summed E-state index contributed by atoms with van der Waals surface area (Å²) in [4.78, 5) is 12.2. The number of aryl methyl sites for hydroxylation is 1. The van der Waals surface area contributed by atoms with Gasteiger partial charge in [0, 0.05) is 18.3 Å². The molecule has 5 heteroatoms. The van der Waals surface area contributed by atoms with Crippen LogP contribution in [0.5, 0.6) is 0 Å². The molecule has 0 aliphatic rings. The van der Waals surface area contributed by atoms with Crippen molar-refractivity contribution in [1.82, 2.24) is 15.1 Å². The van der Waals surface area contributed by atoms with Crippen molar-refractivity contribution < 1.29 is 4.79 Å². The number of amides is 1. The highest BCUT2D eigenvalue weighted by atomic mass is 16.1. The number of nitrogens with two attached hydrogens (primary N) is 1. The molecule has 1 aromatic heterocycles. The van der Waals surface area contributed by atoms with Crippen molar-refractivity contribution in [3.8, 4) is 0 Å². The van der Waals surface area contributed by atoms with Crippen molar-refractivity contribution >= 4 is 5.91 Å². The minimum absolute atomic E-state index is 0.0374. The highest BCUT2D eigenvalue weighted by Crippen LogP contribution is 2.10. The molecule has 0 aromatic carbocycles. The maximum atomic E-state index is 12.2. The second kappa shape index (κ2) is 7.28. The number of nitrogens with one attached hydrogen (secondary N) is 1. The third-order valence-corrected chi connectivity index (χ3v) is 3.12. The van der Waals surface area contributed by atoms with Gasteiger partial charge < -0.3 is 11.1 Å². The van der Waals surface area contributed by atoms with E-state index >= 15 is 0 Å². The van der Waals surface area contributed by atoms with E-state index < -0.39 is 0 Å². The van der Waals surface area contributed by atoms with Crippen LogP contribution in [0.2, 0.25) is 0 Å². The van der Waals surface area contributed by atoms with Crippen LogP contribution in [0.3, 0.4) is 0 Å². The molecule has 0 bridgehead atoms. The summed E-state index contributed by atoms with van der Waals surface area (Å²) in [6, 6.07) is 0.180. The molecule has 3 N–H and O–H groups in total. The van der Waals surface area contributed by atoms with Crippen LogP contribution in [-0.4, -0.2) is 28.3 Å². The van der Waals surface area contributed by atoms with Crippen LogP contribution in [-0.2, 0) is 6.54 Å². The van der Waals surface area contributed by atoms with E-state index in [1.54, 1.807) is 6.20 Å². The molecule has 0 aliphatic heterocycles. The topological polar surface area (TPSA) is 72.9 Å². The number of hydrogen-bond donors (Lipinski definition) is 2. The van der Waals surface area contributed by atoms with Crippen LogP contribution in [0.1, 0.15) is 49.7 Å². The highest BCUT2D eigenvalue weighted by molar-refractivity contribution is 5.95. The van der Waals surface area contributed by atoms with Crippen LogP contribution in [0.4, 0.5) is 0 Å². The maximum Gasteiger partial charge on any atom is 0.254 e. The van der Waals surface area contributed by atoms with Gasteiger partial charge in [0.05, 0.1) is 11.8 Å². The van der Waals surface area contributed by atoms with Crippen LogP contribution in [0, 0.1) is 12.8 Å². The van der Waals surface area contributed by atoms with Crippen LogP contribution < -0.4 is 11.1 Å². The second-order valence-corrected chi connectivity index (χ2v) is 5.51. The summed E-state index contributed by atoms with van der Waals surface area (Å²) in [6.07, 6.45) is 3.49. The second-order valence-electron chi connectivity index (χ2n) is 5.51. The van der Waals surface area contributed by atoms with Crippen LogP contribution in [0.25, 0.3) is 0 Å². The molecule has 1 unspecified atom stereocenters. The standard InChI is InChI=1S/C14H26N4O/c1-10(2)8-11(3)17-14(19)13-9-16-18(12(13)4)7-5-6-15/h9-11H,5-8,15H2,1-4H3,(H,17,19). The molecule has 1 rings (SSSR count). The molecule has 108 valence electrons. The third-order valence-electron chi connectivity index (χ3n) is 3.12. The van der Waals surface area contributed by atoms with Gasteiger partial charge in [-0.1, -0.05) is 13.8 Å². The molecule has 19 heavy (non-hydrogen) atoms. The first-order valence-electron chi connectivity index (χ1n) is 6.99. The fraction of sp³-hybridized carbons (Fsp3) is 0.714. The van der Waals surface area contributed by atoms with Gasteiger partial charge >= 0.3 is 0 Å². The third kappa shape index (κ3) is 4.67. The van der Waals surface area contributed by atoms with Crippen molar-refractivity contribution in [3.05, 3.63) is 17.5 Å². The first-order chi connectivity index (χ1) is 8.95. The summed E-state index contributed by atoms with van der Waals surface area (Å²) < 4.78 is 1.84. The maximum absolute atomic E-state index is 12.2. The molecule has 0 saturated heterocycles. The average Bonchev–Trinajstić information content (AvgIpc) is 2.66. The molecule has 0 aliphatic carbocycles. The van der Waals surface area contributed by atoms with E-state index in [1.165, 1.54) is 0 Å². The molecule has 0 spiro atoms. The largest absolute Gasteiger partial charge is 0.349 e. The van der Waals surface area contributed by atoms with Crippen LogP contribution >= 0.6 is 0 Å². The lowest BCUT2D eigenvalue weighted by molar-refractivity contribution is 0.0935. The molecular weight excluding hydrogens is 240 g/mol. The van der Waals surface area contributed by atoms with Crippen LogP contribution in [0.15, 0.2) is 6.20 Å². The molecule has 5 nitrogen and oxygen atoms in total. The van der Waals surface area contributed by atoms with Gasteiger partial charge in [0.15, 0.2) is 0 Å². The number of nitrogens with zero attached hydrogens (tertiary/aromatic N) is 2. The Bertz CT molecular complexity index is 412. The zero-order valence-corrected chi connectivity index (χ0v) is 12.4. The number of carbonyl (C=O) groups is 1. The van der Waals surface area contributed by atoms with Gasteiger partial charge in [-0.3, -0.25) is 9.48 Å². The normalized spacial score (nSPS) is 12.7. The Morgan fingerprint density at radius 3 is 2.74 bits per heavy atom. The van der Waals surface area contributed by atoms with E-state index in [2.05, 4.69) is 24.3 Å². The van der Waals surface area contributed by atoms with Gasteiger partial charge in [0.2, 0.25) is 0 Å². The van der Waals surface area contributed by atoms with E-state index in [9.17, 15) is 4.79 Å². The SMILES string of the molecule is Cc1c(C(=O)NC(C)CC(C)C)cnn1CCCN. The lowest BCUT2D eigenvalue weighted by Gasteiger charge is -2.15. The Morgan fingerprint density at radius 1 is 1.47 bits per heavy atom. The molecule has 0 saturated carbocycles. The minimum Gasteiger partial charge on any atom is -0.349 e. The van der Waals surface area contributed by atoms with E-state index in [0.29, 0.717) is 18.0 Å². The number of rotatable bonds is 7. The van der Waals surface area contributed by atoms with E-state index in [0.717, 1.165) is 25.1 Å². The summed E-state index contributed by atoms with van der Waals surface area (Å²) in [5.74, 6) is 0.535. The smallest absolute Gasteiger partial charge is 0.254 e. The fourth-order valence-electron chi connectivity index (χ4n) is 2.20. The zero-order chi connectivity index (χ0) is 14.4. The summed E-state index contributed by atoms with van der Waals surface area (Å²) in [7, 11) is 0. The minimum atomic E-state index is -0.0374. The molecule has 1 amide bonds. The molecule has 1 atom stereocenters. The highest BCUT2D eigenvalue weighted by Gasteiger charge is 2.16. The van der Waals surface area contributed by atoms with Crippen molar-refractivity contribution in [1.29, 1.82) is 0 Å². The van der Waals surface area contributed by atoms with Gasteiger partial charge in [-0.15, -0.1) is 0 Å². The lowest BCUT2D eigenvalue weighted by Crippen LogP contribution is -2.33. The molecule has 0 radical (unpaired) electrons. The van der Waals surface area contributed by atoms with Gasteiger partial charge in [-0.2, -0.15) is 5.10 Å². The van der Waals surface area contributed by atoms with E-state index in [4.69, 9.17) is 5.73 Å². The van der Waals surface area contributed by atoms with Gasteiger partial charge in [-0.25, -0.2) is 0 Å². The average molecular weight is 266 g/mol. The van der Waals surface area contributed by atoms with Crippen molar-refractivity contribution in [2.75, 3.05) is 6.54 Å². The number of hydrogen-bond acceptors (Lipinski definition) is 3. The Balaban J connectivity index is 2.64. The molecule has 1 aromatic rings. The predicted molar refractivity (Wildman–Crippen MR) is 77.0 cm³/mol. The molecule has 0 fully saturated rings. The van der Waals surface area contributed by atoms with E-state index in [1.807, 2.05) is 18.5 Å². The van der Waals surface area contributed by atoms with Gasteiger partial charge in [-0.05, 0) is 39.2 Å². The monoisotopic (exact) mass is 266 g/mol. The number of carbonyl (C=O) groups excluding carboxylic acids is 1. The first kappa shape index (κ1) is 15.7. The lowest BCUT2D eigenvalue weighted by atomic mass is 10.0. The summed E-state index contributed by atoms with van der Waals surface area (Å²) >= 11 is 0. The van der Waals surface area contributed by atoms with E-state index in [-0.39, 0.29) is 11.9 Å². The Hall–Kier alpha value is -1.36. The van der Waals surface area contributed by atoms with Crippen molar-refractivity contribution in [2.45, 2.75) is 53.1 Å². The van der Waals surface area contributed by atoms with Crippen molar-refractivity contribution in [3.63, 3.8) is 0 Å². The fourth-order valence-corrected chi connectivity index (χ4v) is 2.20. The Kier molecular flexibility index (Phi) is 6.02. The summed E-state index contributed by atoms with van der Waals surface area (Å²) in [6.45, 7) is 9.65.